The highest BCUT2D eigenvalue weighted by Gasteiger charge is 2.30. The molecule has 24 heavy (non-hydrogen) atoms. The summed E-state index contributed by atoms with van der Waals surface area (Å²) in [5.41, 5.74) is 0.408. The first kappa shape index (κ1) is 18.1. The molecule has 6 nitrogen and oxygen atoms in total. The molecule has 1 aromatic carbocycles. The Morgan fingerprint density at radius 1 is 1.04 bits per heavy atom. The molecule has 1 fully saturated rings. The first-order valence-electron chi connectivity index (χ1n) is 8.29. The van der Waals surface area contributed by atoms with E-state index >= 15 is 0 Å². The van der Waals surface area contributed by atoms with Crippen molar-refractivity contribution in [2.45, 2.75) is 32.7 Å². The van der Waals surface area contributed by atoms with Crippen LogP contribution < -0.4 is 14.8 Å². The van der Waals surface area contributed by atoms with Crippen LogP contribution in [0.2, 0.25) is 0 Å². The van der Waals surface area contributed by atoms with Crippen LogP contribution in [0.25, 0.3) is 0 Å². The fourth-order valence-electron chi connectivity index (χ4n) is 2.81. The number of amides is 2. The van der Waals surface area contributed by atoms with Crippen molar-refractivity contribution in [3.63, 3.8) is 0 Å². The lowest BCUT2D eigenvalue weighted by atomic mass is 10.0. The maximum absolute atomic E-state index is 12.7. The number of hydrogen-bond donors (Lipinski definition) is 1. The summed E-state index contributed by atoms with van der Waals surface area (Å²) in [6.45, 7) is 5.41. The molecule has 2 amide bonds. The van der Waals surface area contributed by atoms with Crippen LogP contribution in [0.3, 0.4) is 0 Å². The Bertz CT molecular complexity index is 572. The average molecular weight is 334 g/mol. The van der Waals surface area contributed by atoms with Crippen LogP contribution in [0.4, 0.5) is 0 Å². The molecule has 0 saturated carbocycles. The van der Waals surface area contributed by atoms with Gasteiger partial charge >= 0.3 is 0 Å². The third-order valence-corrected chi connectivity index (χ3v) is 4.25. The number of methoxy groups -OCH3 is 2. The number of likely N-dealkylation sites (tertiary alicyclic amines) is 1. The molecule has 1 aliphatic heterocycles. The predicted octanol–water partition coefficient (Wildman–Crippen LogP) is 2.08. The molecule has 0 aliphatic carbocycles. The van der Waals surface area contributed by atoms with Crippen LogP contribution >= 0.6 is 0 Å². The smallest absolute Gasteiger partial charge is 0.252 e. The fourth-order valence-corrected chi connectivity index (χ4v) is 2.81. The van der Waals surface area contributed by atoms with Gasteiger partial charge in [0.1, 0.15) is 17.5 Å². The van der Waals surface area contributed by atoms with Gasteiger partial charge in [-0.15, -0.1) is 0 Å². The maximum atomic E-state index is 12.7. The molecule has 0 radical (unpaired) electrons. The minimum absolute atomic E-state index is 0.00860. The zero-order chi connectivity index (χ0) is 17.7. The summed E-state index contributed by atoms with van der Waals surface area (Å²) >= 11 is 0. The van der Waals surface area contributed by atoms with E-state index in [0.29, 0.717) is 17.1 Å². The predicted molar refractivity (Wildman–Crippen MR) is 91.5 cm³/mol. The Hall–Kier alpha value is -2.24. The SMILES string of the molecule is COc1cc(OC)cc(C(=O)N[C@H](C(=O)N2CCCC2)C(C)C)c1. The second-order valence-corrected chi connectivity index (χ2v) is 6.33. The number of carbonyl (C=O) groups excluding carboxylic acids is 2. The van der Waals surface area contributed by atoms with Gasteiger partial charge < -0.3 is 19.7 Å². The standard InChI is InChI=1S/C18H26N2O4/c1-12(2)16(18(22)20-7-5-6-8-20)19-17(21)13-9-14(23-3)11-15(10-13)24-4/h9-12,16H,5-8H2,1-4H3,(H,19,21)/t16-/m0/s1. The van der Waals surface area contributed by atoms with Crippen molar-refractivity contribution in [3.8, 4) is 11.5 Å². The van der Waals surface area contributed by atoms with Gasteiger partial charge in [0.2, 0.25) is 5.91 Å². The third-order valence-electron chi connectivity index (χ3n) is 4.25. The average Bonchev–Trinajstić information content (AvgIpc) is 3.12. The van der Waals surface area contributed by atoms with Crippen LogP contribution in [0.5, 0.6) is 11.5 Å². The van der Waals surface area contributed by atoms with Gasteiger partial charge in [0.25, 0.3) is 5.91 Å². The molecule has 1 saturated heterocycles. The van der Waals surface area contributed by atoms with Crippen molar-refractivity contribution in [3.05, 3.63) is 23.8 Å². The number of carbonyl (C=O) groups is 2. The van der Waals surface area contributed by atoms with Crippen molar-refractivity contribution < 1.29 is 19.1 Å². The van der Waals surface area contributed by atoms with Crippen LogP contribution in [0.15, 0.2) is 18.2 Å². The minimum Gasteiger partial charge on any atom is -0.497 e. The van der Waals surface area contributed by atoms with Crippen LogP contribution in [-0.4, -0.2) is 50.1 Å². The van der Waals surface area contributed by atoms with Crippen LogP contribution in [0.1, 0.15) is 37.0 Å². The van der Waals surface area contributed by atoms with Crippen molar-refractivity contribution in [1.29, 1.82) is 0 Å². The molecule has 0 unspecified atom stereocenters. The highest BCUT2D eigenvalue weighted by molar-refractivity contribution is 5.98. The van der Waals surface area contributed by atoms with E-state index in [4.69, 9.17) is 9.47 Å². The summed E-state index contributed by atoms with van der Waals surface area (Å²) in [6.07, 6.45) is 2.05. The van der Waals surface area contributed by atoms with Gasteiger partial charge in [0.05, 0.1) is 14.2 Å². The summed E-state index contributed by atoms with van der Waals surface area (Å²) in [6, 6.07) is 4.44. The molecule has 2 rings (SSSR count). The zero-order valence-electron chi connectivity index (χ0n) is 14.8. The van der Waals surface area contributed by atoms with Gasteiger partial charge in [0, 0.05) is 24.7 Å². The second-order valence-electron chi connectivity index (χ2n) is 6.33. The van der Waals surface area contributed by atoms with E-state index < -0.39 is 6.04 Å². The minimum atomic E-state index is -0.534. The van der Waals surface area contributed by atoms with Crippen LogP contribution in [0, 0.1) is 5.92 Å². The number of ether oxygens (including phenoxy) is 2. The second kappa shape index (κ2) is 8.04. The van der Waals surface area contributed by atoms with Crippen molar-refractivity contribution in [2.24, 2.45) is 5.92 Å². The molecule has 6 heteroatoms. The summed E-state index contributed by atoms with van der Waals surface area (Å²) in [5.74, 6) is 0.761. The quantitative estimate of drug-likeness (QED) is 0.865. The molecule has 1 heterocycles. The Labute approximate surface area is 143 Å². The van der Waals surface area contributed by atoms with Crippen molar-refractivity contribution in [2.75, 3.05) is 27.3 Å². The van der Waals surface area contributed by atoms with E-state index in [1.54, 1.807) is 18.2 Å². The van der Waals surface area contributed by atoms with Gasteiger partial charge in [-0.3, -0.25) is 9.59 Å². The highest BCUT2D eigenvalue weighted by atomic mass is 16.5. The molecule has 0 spiro atoms. The van der Waals surface area contributed by atoms with E-state index in [0.717, 1.165) is 25.9 Å². The molecular weight excluding hydrogens is 308 g/mol. The monoisotopic (exact) mass is 334 g/mol. The van der Waals surface area contributed by atoms with Gasteiger partial charge in [-0.25, -0.2) is 0 Å². The van der Waals surface area contributed by atoms with E-state index in [1.165, 1.54) is 14.2 Å². The normalized spacial score (nSPS) is 15.3. The third kappa shape index (κ3) is 4.19. The topological polar surface area (TPSA) is 67.9 Å². The molecule has 0 bridgehead atoms. The number of hydrogen-bond acceptors (Lipinski definition) is 4. The first-order chi connectivity index (χ1) is 11.5. The van der Waals surface area contributed by atoms with Crippen LogP contribution in [-0.2, 0) is 4.79 Å². The van der Waals surface area contributed by atoms with Crippen molar-refractivity contribution >= 4 is 11.8 Å². The maximum Gasteiger partial charge on any atom is 0.252 e. The van der Waals surface area contributed by atoms with Gasteiger partial charge in [-0.2, -0.15) is 0 Å². The highest BCUT2D eigenvalue weighted by Crippen LogP contribution is 2.23. The van der Waals surface area contributed by atoms with E-state index in [-0.39, 0.29) is 17.7 Å². The lowest BCUT2D eigenvalue weighted by molar-refractivity contribution is -0.133. The Morgan fingerprint density at radius 3 is 2.04 bits per heavy atom. The lowest BCUT2D eigenvalue weighted by Crippen LogP contribution is -2.50. The molecule has 1 aliphatic rings. The Balaban J connectivity index is 2.17. The van der Waals surface area contributed by atoms with E-state index in [2.05, 4.69) is 5.32 Å². The molecule has 1 aromatic rings. The van der Waals surface area contributed by atoms with E-state index in [9.17, 15) is 9.59 Å². The van der Waals surface area contributed by atoms with Crippen molar-refractivity contribution in [1.82, 2.24) is 10.2 Å². The molecule has 1 N–H and O–H groups in total. The Kier molecular flexibility index (Phi) is 6.06. The summed E-state index contributed by atoms with van der Waals surface area (Å²) in [7, 11) is 3.06. The number of rotatable bonds is 6. The van der Waals surface area contributed by atoms with Gasteiger partial charge in [-0.05, 0) is 30.9 Å². The molecule has 0 aromatic heterocycles. The molecular formula is C18H26N2O4. The number of benzene rings is 1. The molecule has 1 atom stereocenters. The van der Waals surface area contributed by atoms with Gasteiger partial charge in [0.15, 0.2) is 0 Å². The fraction of sp³-hybridized carbons (Fsp3) is 0.556. The van der Waals surface area contributed by atoms with Gasteiger partial charge in [-0.1, -0.05) is 13.8 Å². The Morgan fingerprint density at radius 2 is 1.58 bits per heavy atom. The summed E-state index contributed by atoms with van der Waals surface area (Å²) in [5, 5.41) is 2.87. The molecule has 132 valence electrons. The largest absolute Gasteiger partial charge is 0.497 e. The first-order valence-corrected chi connectivity index (χ1v) is 8.29. The number of nitrogens with one attached hydrogen (secondary N) is 1. The van der Waals surface area contributed by atoms with E-state index in [1.807, 2.05) is 18.7 Å². The zero-order valence-corrected chi connectivity index (χ0v) is 14.8. The summed E-state index contributed by atoms with van der Waals surface area (Å²) < 4.78 is 10.4. The lowest BCUT2D eigenvalue weighted by Gasteiger charge is -2.26. The summed E-state index contributed by atoms with van der Waals surface area (Å²) in [4.78, 5) is 27.1. The number of nitrogens with zero attached hydrogens (tertiary/aromatic N) is 1.